The van der Waals surface area contributed by atoms with Crippen LogP contribution in [-0.4, -0.2) is 43.0 Å². The molecule has 7 heteroatoms. The fourth-order valence-corrected chi connectivity index (χ4v) is 3.02. The van der Waals surface area contributed by atoms with Gasteiger partial charge in [-0.3, -0.25) is 9.59 Å². The number of nitrogens with one attached hydrogen (secondary N) is 1. The number of benzene rings is 2. The summed E-state index contributed by atoms with van der Waals surface area (Å²) in [6, 6.07) is 12.3. The van der Waals surface area contributed by atoms with E-state index >= 15 is 0 Å². The summed E-state index contributed by atoms with van der Waals surface area (Å²) >= 11 is 0. The second-order valence-electron chi connectivity index (χ2n) is 7.34. The molecule has 164 valence electrons. The van der Waals surface area contributed by atoms with Crippen molar-refractivity contribution in [2.75, 3.05) is 25.6 Å². The largest absolute Gasteiger partial charge is 0.493 e. The van der Waals surface area contributed by atoms with Crippen molar-refractivity contribution >= 4 is 17.5 Å². The molecule has 1 atom stereocenters. The van der Waals surface area contributed by atoms with Crippen LogP contribution in [0.4, 0.5) is 5.69 Å². The van der Waals surface area contributed by atoms with Crippen LogP contribution < -0.4 is 14.8 Å². The highest BCUT2D eigenvalue weighted by molar-refractivity contribution is 5.95. The van der Waals surface area contributed by atoms with Gasteiger partial charge < -0.3 is 19.7 Å². The zero-order chi connectivity index (χ0) is 23.0. The fourth-order valence-electron chi connectivity index (χ4n) is 3.02. The van der Waals surface area contributed by atoms with E-state index in [1.54, 1.807) is 18.2 Å². The molecule has 2 rings (SSSR count). The zero-order valence-electron chi connectivity index (χ0n) is 18.7. The van der Waals surface area contributed by atoms with Gasteiger partial charge in [0.2, 0.25) is 5.91 Å². The van der Waals surface area contributed by atoms with Crippen LogP contribution in [0, 0.1) is 25.2 Å². The van der Waals surface area contributed by atoms with E-state index in [-0.39, 0.29) is 31.0 Å². The molecule has 31 heavy (non-hydrogen) atoms. The van der Waals surface area contributed by atoms with E-state index in [1.807, 2.05) is 52.0 Å². The van der Waals surface area contributed by atoms with E-state index in [2.05, 4.69) is 5.32 Å². The highest BCUT2D eigenvalue weighted by Gasteiger charge is 2.23. The number of carbonyl (C=O) groups excluding carboxylic acids is 2. The van der Waals surface area contributed by atoms with E-state index in [0.29, 0.717) is 23.5 Å². The molecule has 1 N–H and O–H groups in total. The van der Waals surface area contributed by atoms with Crippen LogP contribution >= 0.6 is 0 Å². The first-order valence-corrected chi connectivity index (χ1v) is 10.2. The number of ether oxygens (including phenoxy) is 2. The molecule has 0 aliphatic carbocycles. The Morgan fingerprint density at radius 1 is 1.19 bits per heavy atom. The van der Waals surface area contributed by atoms with Gasteiger partial charge in [0.15, 0.2) is 18.1 Å². The molecule has 2 aromatic rings. The minimum atomic E-state index is -0.308. The molecule has 7 nitrogen and oxygen atoms in total. The Morgan fingerprint density at radius 3 is 2.58 bits per heavy atom. The first-order valence-electron chi connectivity index (χ1n) is 10.2. The first-order chi connectivity index (χ1) is 14.8. The summed E-state index contributed by atoms with van der Waals surface area (Å²) in [5, 5.41) is 11.9. The summed E-state index contributed by atoms with van der Waals surface area (Å²) in [6.07, 6.45) is 0.697. The monoisotopic (exact) mass is 423 g/mol. The molecule has 0 saturated carbocycles. The third-order valence-corrected chi connectivity index (χ3v) is 5.28. The molecule has 0 aliphatic rings. The van der Waals surface area contributed by atoms with E-state index in [0.717, 1.165) is 16.8 Å². The average Bonchev–Trinajstić information content (AvgIpc) is 2.78. The standard InChI is InChI=1S/C24H29N3O4/c1-6-17(3)27(14-23(28)26-20-9-7-8-16(2)18(20)4)24(29)15-31-21-11-10-19(13-25)12-22(21)30-5/h7-12,17H,6,14-15H2,1-5H3,(H,26,28)/t17-/m1/s1. The molecular weight excluding hydrogens is 394 g/mol. The normalized spacial score (nSPS) is 11.2. The van der Waals surface area contributed by atoms with E-state index < -0.39 is 0 Å². The Hall–Kier alpha value is -3.53. The number of amides is 2. The van der Waals surface area contributed by atoms with Gasteiger partial charge in [0.25, 0.3) is 5.91 Å². The van der Waals surface area contributed by atoms with Crippen LogP contribution in [0.2, 0.25) is 0 Å². The van der Waals surface area contributed by atoms with Crippen molar-refractivity contribution in [2.45, 2.75) is 40.2 Å². The zero-order valence-corrected chi connectivity index (χ0v) is 18.7. The number of nitriles is 1. The lowest BCUT2D eigenvalue weighted by atomic mass is 10.1. The summed E-state index contributed by atoms with van der Waals surface area (Å²) in [5.74, 6) is 0.156. The van der Waals surface area contributed by atoms with Crippen LogP contribution in [0.5, 0.6) is 11.5 Å². The Balaban J connectivity index is 2.08. The predicted octanol–water partition coefficient (Wildman–Crippen LogP) is 3.83. The number of rotatable bonds is 9. The minimum absolute atomic E-state index is 0.0743. The molecule has 0 fully saturated rings. The smallest absolute Gasteiger partial charge is 0.261 e. The molecule has 2 amide bonds. The van der Waals surface area contributed by atoms with Crippen molar-refractivity contribution in [2.24, 2.45) is 0 Å². The van der Waals surface area contributed by atoms with Crippen LogP contribution in [0.25, 0.3) is 0 Å². The number of hydrogen-bond donors (Lipinski definition) is 1. The summed E-state index contributed by atoms with van der Waals surface area (Å²) in [4.78, 5) is 27.0. The van der Waals surface area contributed by atoms with Gasteiger partial charge in [-0.05, 0) is 56.5 Å². The van der Waals surface area contributed by atoms with Crippen LogP contribution in [0.3, 0.4) is 0 Å². The van der Waals surface area contributed by atoms with Gasteiger partial charge in [0, 0.05) is 17.8 Å². The highest BCUT2D eigenvalue weighted by Crippen LogP contribution is 2.28. The molecular formula is C24H29N3O4. The lowest BCUT2D eigenvalue weighted by Crippen LogP contribution is -2.45. The SMILES string of the molecule is CC[C@@H](C)N(CC(=O)Nc1cccc(C)c1C)C(=O)COc1ccc(C#N)cc1OC. The van der Waals surface area contributed by atoms with Crippen molar-refractivity contribution in [3.8, 4) is 17.6 Å². The minimum Gasteiger partial charge on any atom is -0.493 e. The maximum absolute atomic E-state index is 12.9. The van der Waals surface area contributed by atoms with Gasteiger partial charge in [-0.2, -0.15) is 5.26 Å². The maximum atomic E-state index is 12.9. The lowest BCUT2D eigenvalue weighted by molar-refractivity contribution is -0.138. The van der Waals surface area contributed by atoms with Crippen molar-refractivity contribution in [3.63, 3.8) is 0 Å². The third kappa shape index (κ3) is 6.22. The molecule has 0 unspecified atom stereocenters. The second kappa shape index (κ2) is 11.0. The number of carbonyl (C=O) groups is 2. The highest BCUT2D eigenvalue weighted by atomic mass is 16.5. The molecule has 0 aliphatic heterocycles. The summed E-state index contributed by atoms with van der Waals surface area (Å²) in [7, 11) is 1.47. The Kier molecular flexibility index (Phi) is 8.44. The van der Waals surface area contributed by atoms with Gasteiger partial charge in [0.05, 0.1) is 18.7 Å². The summed E-state index contributed by atoms with van der Waals surface area (Å²) < 4.78 is 10.9. The molecule has 0 aromatic heterocycles. The second-order valence-corrected chi connectivity index (χ2v) is 7.34. The topological polar surface area (TPSA) is 91.7 Å². The van der Waals surface area contributed by atoms with Gasteiger partial charge in [-0.25, -0.2) is 0 Å². The molecule has 0 radical (unpaired) electrons. The number of aryl methyl sites for hydroxylation is 1. The Bertz CT molecular complexity index is 981. The van der Waals surface area contributed by atoms with E-state index in [1.165, 1.54) is 12.0 Å². The maximum Gasteiger partial charge on any atom is 0.261 e. The van der Waals surface area contributed by atoms with Crippen molar-refractivity contribution in [3.05, 3.63) is 53.1 Å². The average molecular weight is 424 g/mol. The van der Waals surface area contributed by atoms with Crippen LogP contribution in [-0.2, 0) is 9.59 Å². The van der Waals surface area contributed by atoms with Gasteiger partial charge in [-0.1, -0.05) is 19.1 Å². The Morgan fingerprint density at radius 2 is 1.94 bits per heavy atom. The first kappa shape index (κ1) is 23.7. The number of anilines is 1. The number of methoxy groups -OCH3 is 1. The van der Waals surface area contributed by atoms with Gasteiger partial charge in [0.1, 0.15) is 6.54 Å². The lowest BCUT2D eigenvalue weighted by Gasteiger charge is -2.28. The quantitative estimate of drug-likeness (QED) is 0.662. The molecule has 0 bridgehead atoms. The third-order valence-electron chi connectivity index (χ3n) is 5.28. The van der Waals surface area contributed by atoms with Gasteiger partial charge in [-0.15, -0.1) is 0 Å². The molecule has 2 aromatic carbocycles. The number of nitrogens with zero attached hydrogens (tertiary/aromatic N) is 2. The predicted molar refractivity (Wildman–Crippen MR) is 119 cm³/mol. The fraction of sp³-hybridized carbons (Fsp3) is 0.375. The van der Waals surface area contributed by atoms with Gasteiger partial charge >= 0.3 is 0 Å². The van der Waals surface area contributed by atoms with Crippen molar-refractivity contribution in [1.29, 1.82) is 5.26 Å². The number of hydrogen-bond acceptors (Lipinski definition) is 5. The summed E-state index contributed by atoms with van der Waals surface area (Å²) in [5.41, 5.74) is 3.24. The van der Waals surface area contributed by atoms with Crippen molar-refractivity contribution in [1.82, 2.24) is 4.90 Å². The molecule has 0 heterocycles. The van der Waals surface area contributed by atoms with Crippen molar-refractivity contribution < 1.29 is 19.1 Å². The summed E-state index contributed by atoms with van der Waals surface area (Å²) in [6.45, 7) is 7.46. The Labute approximate surface area is 183 Å². The molecule has 0 spiro atoms. The molecule has 0 saturated heterocycles. The van der Waals surface area contributed by atoms with E-state index in [9.17, 15) is 9.59 Å². The van der Waals surface area contributed by atoms with Crippen LogP contribution in [0.1, 0.15) is 37.0 Å². The van der Waals surface area contributed by atoms with Crippen LogP contribution in [0.15, 0.2) is 36.4 Å². The van der Waals surface area contributed by atoms with E-state index in [4.69, 9.17) is 14.7 Å².